The minimum atomic E-state index is -0.902. The number of carbonyl (C=O) groups is 1. The zero-order valence-electron chi connectivity index (χ0n) is 12.8. The second-order valence-electron chi connectivity index (χ2n) is 5.15. The van der Waals surface area contributed by atoms with Crippen molar-refractivity contribution in [3.05, 3.63) is 58.0 Å². The molecule has 2 aromatic carbocycles. The average molecular weight is 327 g/mol. The molecule has 1 aromatic heterocycles. The van der Waals surface area contributed by atoms with E-state index in [9.17, 15) is 4.79 Å². The van der Waals surface area contributed by atoms with Crippen LogP contribution in [-0.2, 0) is 12.8 Å². The van der Waals surface area contributed by atoms with Crippen molar-refractivity contribution < 1.29 is 14.6 Å². The molecule has 0 aliphatic heterocycles. The third-order valence-electron chi connectivity index (χ3n) is 3.58. The van der Waals surface area contributed by atoms with Crippen LogP contribution in [0.5, 0.6) is 5.75 Å². The van der Waals surface area contributed by atoms with Gasteiger partial charge in [-0.3, -0.25) is 0 Å². The van der Waals surface area contributed by atoms with E-state index < -0.39 is 5.97 Å². The number of nitrogens with zero attached hydrogens (tertiary/aromatic N) is 1. The average Bonchev–Trinajstić information content (AvgIpc) is 2.98. The fourth-order valence-electron chi connectivity index (χ4n) is 2.43. The molecule has 0 atom stereocenters. The predicted molar refractivity (Wildman–Crippen MR) is 91.6 cm³/mol. The maximum absolute atomic E-state index is 11.2. The molecule has 0 unspecified atom stereocenters. The van der Waals surface area contributed by atoms with E-state index in [2.05, 4.69) is 17.1 Å². The van der Waals surface area contributed by atoms with Crippen LogP contribution in [0, 0.1) is 0 Å². The predicted octanol–water partition coefficient (Wildman–Crippen LogP) is 4.18. The minimum absolute atomic E-state index is 0.341. The van der Waals surface area contributed by atoms with Gasteiger partial charge in [0.2, 0.25) is 0 Å². The third kappa shape index (κ3) is 3.51. The molecular formula is C18H17NO3S. The highest BCUT2D eigenvalue weighted by Crippen LogP contribution is 2.22. The van der Waals surface area contributed by atoms with Gasteiger partial charge in [0.15, 0.2) is 0 Å². The lowest BCUT2D eigenvalue weighted by atomic mass is 10.1. The van der Waals surface area contributed by atoms with Crippen LogP contribution in [-0.4, -0.2) is 22.7 Å². The van der Waals surface area contributed by atoms with Crippen LogP contribution >= 0.6 is 11.3 Å². The smallest absolute Gasteiger partial charge is 0.347 e. The lowest BCUT2D eigenvalue weighted by molar-refractivity contribution is 0.0701. The molecule has 0 spiro atoms. The number of benzene rings is 2. The lowest BCUT2D eigenvalue weighted by Crippen LogP contribution is -2.01. The summed E-state index contributed by atoms with van der Waals surface area (Å²) < 4.78 is 5.78. The summed E-state index contributed by atoms with van der Waals surface area (Å²) in [4.78, 5) is 15.9. The van der Waals surface area contributed by atoms with Gasteiger partial charge in [-0.1, -0.05) is 37.3 Å². The number of rotatable bonds is 6. The maximum atomic E-state index is 11.2. The molecule has 0 radical (unpaired) electrons. The van der Waals surface area contributed by atoms with Gasteiger partial charge in [-0.15, -0.1) is 11.3 Å². The van der Waals surface area contributed by atoms with E-state index in [1.807, 2.05) is 37.3 Å². The van der Waals surface area contributed by atoms with Gasteiger partial charge in [-0.2, -0.15) is 0 Å². The standard InChI is InChI=1S/C18H17NO3S/c1-2-15-17(18(20)21)23-16(19-15)9-10-22-14-8-7-12-5-3-4-6-13(12)11-14/h3-8,11H,2,9-10H2,1H3,(H,20,21). The van der Waals surface area contributed by atoms with E-state index in [-0.39, 0.29) is 0 Å². The third-order valence-corrected chi connectivity index (χ3v) is 4.72. The Bertz CT molecular complexity index is 841. The molecule has 0 aliphatic rings. The van der Waals surface area contributed by atoms with E-state index in [0.29, 0.717) is 30.0 Å². The fraction of sp³-hybridized carbons (Fsp3) is 0.222. The molecule has 118 valence electrons. The van der Waals surface area contributed by atoms with Crippen LogP contribution in [0.4, 0.5) is 0 Å². The Morgan fingerprint density at radius 2 is 2.00 bits per heavy atom. The molecule has 4 nitrogen and oxygen atoms in total. The molecule has 0 bridgehead atoms. The number of hydrogen-bond donors (Lipinski definition) is 1. The van der Waals surface area contributed by atoms with E-state index >= 15 is 0 Å². The summed E-state index contributed by atoms with van der Waals surface area (Å²) in [6, 6.07) is 14.1. The molecule has 0 amide bonds. The zero-order valence-corrected chi connectivity index (χ0v) is 13.6. The van der Waals surface area contributed by atoms with E-state index in [1.54, 1.807) is 0 Å². The molecule has 0 aliphatic carbocycles. The number of ether oxygens (including phenoxy) is 1. The number of hydrogen-bond acceptors (Lipinski definition) is 4. The van der Waals surface area contributed by atoms with Gasteiger partial charge in [0.25, 0.3) is 0 Å². The SMILES string of the molecule is CCc1nc(CCOc2ccc3ccccc3c2)sc1C(=O)O. The summed E-state index contributed by atoms with van der Waals surface area (Å²) in [5, 5.41) is 12.3. The van der Waals surface area contributed by atoms with Gasteiger partial charge in [0.1, 0.15) is 10.6 Å². The van der Waals surface area contributed by atoms with Crippen LogP contribution in [0.1, 0.15) is 27.3 Å². The quantitative estimate of drug-likeness (QED) is 0.738. The maximum Gasteiger partial charge on any atom is 0.347 e. The highest BCUT2D eigenvalue weighted by molar-refractivity contribution is 7.13. The zero-order chi connectivity index (χ0) is 16.2. The molecule has 1 heterocycles. The number of aromatic nitrogens is 1. The summed E-state index contributed by atoms with van der Waals surface area (Å²) >= 11 is 1.24. The van der Waals surface area contributed by atoms with Crippen LogP contribution in [0.25, 0.3) is 10.8 Å². The van der Waals surface area contributed by atoms with Crippen molar-refractivity contribution in [3.8, 4) is 5.75 Å². The Kier molecular flexibility index (Phi) is 4.57. The summed E-state index contributed by atoms with van der Waals surface area (Å²) in [6.07, 6.45) is 1.24. The first-order valence-corrected chi connectivity index (χ1v) is 8.32. The first-order valence-electron chi connectivity index (χ1n) is 7.51. The second-order valence-corrected chi connectivity index (χ2v) is 6.23. The van der Waals surface area contributed by atoms with Gasteiger partial charge < -0.3 is 9.84 Å². The van der Waals surface area contributed by atoms with Crippen molar-refractivity contribution in [2.75, 3.05) is 6.61 Å². The van der Waals surface area contributed by atoms with Gasteiger partial charge in [-0.05, 0) is 29.3 Å². The lowest BCUT2D eigenvalue weighted by Gasteiger charge is -2.06. The highest BCUT2D eigenvalue weighted by atomic mass is 32.1. The molecule has 3 aromatic rings. The van der Waals surface area contributed by atoms with Gasteiger partial charge in [0, 0.05) is 6.42 Å². The number of carboxylic acids is 1. The van der Waals surface area contributed by atoms with Gasteiger partial charge in [-0.25, -0.2) is 9.78 Å². The second kappa shape index (κ2) is 6.79. The Morgan fingerprint density at radius 1 is 1.22 bits per heavy atom. The van der Waals surface area contributed by atoms with Gasteiger partial charge in [0.05, 0.1) is 17.3 Å². The molecule has 3 rings (SSSR count). The molecule has 0 saturated carbocycles. The van der Waals surface area contributed by atoms with Crippen molar-refractivity contribution in [1.82, 2.24) is 4.98 Å². The van der Waals surface area contributed by atoms with E-state index in [4.69, 9.17) is 9.84 Å². The highest BCUT2D eigenvalue weighted by Gasteiger charge is 2.15. The molecular weight excluding hydrogens is 310 g/mol. The Hall–Kier alpha value is -2.40. The Labute approximate surface area is 138 Å². The first-order chi connectivity index (χ1) is 11.2. The van der Waals surface area contributed by atoms with Gasteiger partial charge >= 0.3 is 5.97 Å². The molecule has 0 fully saturated rings. The van der Waals surface area contributed by atoms with Crippen molar-refractivity contribution in [2.45, 2.75) is 19.8 Å². The number of aromatic carboxylic acids is 1. The summed E-state index contributed by atoms with van der Waals surface area (Å²) in [5.74, 6) is -0.0875. The Balaban J connectivity index is 1.65. The fourth-order valence-corrected chi connectivity index (χ4v) is 3.40. The Morgan fingerprint density at radius 3 is 2.70 bits per heavy atom. The van der Waals surface area contributed by atoms with Crippen LogP contribution in [0.15, 0.2) is 42.5 Å². The van der Waals surface area contributed by atoms with Crippen molar-refractivity contribution in [2.24, 2.45) is 0 Å². The number of aryl methyl sites for hydroxylation is 1. The topological polar surface area (TPSA) is 59.4 Å². The summed E-state index contributed by atoms with van der Waals surface area (Å²) in [5.41, 5.74) is 0.656. The number of thiazole rings is 1. The molecule has 23 heavy (non-hydrogen) atoms. The number of carboxylic acid groups (broad SMARTS) is 1. The van der Waals surface area contributed by atoms with Crippen LogP contribution in [0.2, 0.25) is 0 Å². The first kappa shape index (κ1) is 15.5. The normalized spacial score (nSPS) is 10.8. The molecule has 1 N–H and O–H groups in total. The molecule has 5 heteroatoms. The van der Waals surface area contributed by atoms with Crippen LogP contribution < -0.4 is 4.74 Å². The van der Waals surface area contributed by atoms with Crippen molar-refractivity contribution in [1.29, 1.82) is 0 Å². The molecule has 0 saturated heterocycles. The van der Waals surface area contributed by atoms with E-state index in [0.717, 1.165) is 16.1 Å². The van der Waals surface area contributed by atoms with Crippen molar-refractivity contribution >= 4 is 28.1 Å². The summed E-state index contributed by atoms with van der Waals surface area (Å²) in [6.45, 7) is 2.39. The number of fused-ring (bicyclic) bond motifs is 1. The van der Waals surface area contributed by atoms with Crippen LogP contribution in [0.3, 0.4) is 0 Å². The monoisotopic (exact) mass is 327 g/mol. The van der Waals surface area contributed by atoms with E-state index in [1.165, 1.54) is 16.7 Å². The summed E-state index contributed by atoms with van der Waals surface area (Å²) in [7, 11) is 0. The largest absolute Gasteiger partial charge is 0.493 e. The van der Waals surface area contributed by atoms with Crippen molar-refractivity contribution in [3.63, 3.8) is 0 Å². The minimum Gasteiger partial charge on any atom is -0.493 e.